The van der Waals surface area contributed by atoms with Crippen LogP contribution in [-0.2, 0) is 6.42 Å². The monoisotopic (exact) mass is 269 g/mol. The molecule has 0 heterocycles. The second-order valence-corrected chi connectivity index (χ2v) is 5.31. The van der Waals surface area contributed by atoms with Gasteiger partial charge in [0, 0.05) is 5.56 Å². The number of aryl methyl sites for hydroxylation is 1. The van der Waals surface area contributed by atoms with Crippen molar-refractivity contribution in [3.8, 4) is 16.9 Å². The van der Waals surface area contributed by atoms with Crippen LogP contribution in [0.2, 0.25) is 0 Å². The summed E-state index contributed by atoms with van der Waals surface area (Å²) in [4.78, 5) is 2.22. The fraction of sp³-hybridized carbons (Fsp3) is 0.333. The Balaban J connectivity index is 2.21. The quantitative estimate of drug-likeness (QED) is 0.789. The van der Waals surface area contributed by atoms with Crippen LogP contribution < -0.4 is 4.74 Å². The van der Waals surface area contributed by atoms with Crippen molar-refractivity contribution in [3.63, 3.8) is 0 Å². The van der Waals surface area contributed by atoms with Gasteiger partial charge in [0.1, 0.15) is 5.75 Å². The number of nitrogens with zero attached hydrogens (tertiary/aromatic N) is 1. The maximum absolute atomic E-state index is 5.49. The molecule has 0 atom stereocenters. The van der Waals surface area contributed by atoms with Crippen molar-refractivity contribution in [2.75, 3.05) is 27.7 Å². The lowest BCUT2D eigenvalue weighted by Crippen LogP contribution is -2.13. The van der Waals surface area contributed by atoms with Gasteiger partial charge in [0.05, 0.1) is 7.11 Å². The van der Waals surface area contributed by atoms with Gasteiger partial charge in [0.25, 0.3) is 0 Å². The molecular weight excluding hydrogens is 246 g/mol. The third-order valence-corrected chi connectivity index (χ3v) is 3.42. The van der Waals surface area contributed by atoms with E-state index in [1.165, 1.54) is 23.1 Å². The van der Waals surface area contributed by atoms with Gasteiger partial charge >= 0.3 is 0 Å². The maximum Gasteiger partial charge on any atom is 0.126 e. The molecule has 0 aromatic heterocycles. The van der Waals surface area contributed by atoms with Gasteiger partial charge in [-0.2, -0.15) is 0 Å². The summed E-state index contributed by atoms with van der Waals surface area (Å²) in [6.45, 7) is 1.12. The Morgan fingerprint density at radius 1 is 1.00 bits per heavy atom. The van der Waals surface area contributed by atoms with E-state index >= 15 is 0 Å². The summed E-state index contributed by atoms with van der Waals surface area (Å²) in [5, 5.41) is 0. The standard InChI is InChI=1S/C18H23NO/c1-19(2)13-7-8-15-11-12-18(20-3)17(14-15)16-9-5-4-6-10-16/h4-6,9-12,14H,7-8,13H2,1-3H3. The molecule has 0 N–H and O–H groups in total. The zero-order chi connectivity index (χ0) is 14.4. The Bertz CT molecular complexity index is 534. The molecule has 0 amide bonds. The molecule has 2 heteroatoms. The highest BCUT2D eigenvalue weighted by Crippen LogP contribution is 2.31. The summed E-state index contributed by atoms with van der Waals surface area (Å²) in [5.41, 5.74) is 3.75. The zero-order valence-electron chi connectivity index (χ0n) is 12.6. The average Bonchev–Trinajstić information content (AvgIpc) is 2.47. The first-order valence-electron chi connectivity index (χ1n) is 7.08. The Labute approximate surface area is 122 Å². The molecule has 106 valence electrons. The normalized spacial score (nSPS) is 10.8. The fourth-order valence-electron chi connectivity index (χ4n) is 2.35. The molecule has 2 rings (SSSR count). The molecular formula is C18H23NO. The van der Waals surface area contributed by atoms with Crippen LogP contribution in [0, 0.1) is 0 Å². The topological polar surface area (TPSA) is 12.5 Å². The van der Waals surface area contributed by atoms with E-state index in [-0.39, 0.29) is 0 Å². The van der Waals surface area contributed by atoms with Gasteiger partial charge < -0.3 is 9.64 Å². The molecule has 0 aliphatic heterocycles. The van der Waals surface area contributed by atoms with E-state index in [4.69, 9.17) is 4.74 Å². The molecule has 0 spiro atoms. The summed E-state index contributed by atoms with van der Waals surface area (Å²) >= 11 is 0. The first-order valence-corrected chi connectivity index (χ1v) is 7.08. The minimum absolute atomic E-state index is 0.938. The summed E-state index contributed by atoms with van der Waals surface area (Å²) < 4.78 is 5.49. The van der Waals surface area contributed by atoms with Crippen LogP contribution in [0.1, 0.15) is 12.0 Å². The minimum Gasteiger partial charge on any atom is -0.496 e. The van der Waals surface area contributed by atoms with Gasteiger partial charge in [0.2, 0.25) is 0 Å². The van der Waals surface area contributed by atoms with Crippen LogP contribution in [-0.4, -0.2) is 32.6 Å². The Kier molecular flexibility index (Phi) is 5.19. The summed E-state index contributed by atoms with van der Waals surface area (Å²) in [6.07, 6.45) is 2.27. The lowest BCUT2D eigenvalue weighted by molar-refractivity contribution is 0.400. The van der Waals surface area contributed by atoms with Crippen molar-refractivity contribution in [2.45, 2.75) is 12.8 Å². The zero-order valence-corrected chi connectivity index (χ0v) is 12.6. The largest absolute Gasteiger partial charge is 0.496 e. The second-order valence-electron chi connectivity index (χ2n) is 5.31. The predicted molar refractivity (Wildman–Crippen MR) is 85.3 cm³/mol. The van der Waals surface area contributed by atoms with E-state index in [0.29, 0.717) is 0 Å². The van der Waals surface area contributed by atoms with E-state index in [9.17, 15) is 0 Å². The van der Waals surface area contributed by atoms with Crippen molar-refractivity contribution in [2.24, 2.45) is 0 Å². The molecule has 0 saturated carbocycles. The third-order valence-electron chi connectivity index (χ3n) is 3.42. The fourth-order valence-corrected chi connectivity index (χ4v) is 2.35. The predicted octanol–water partition coefficient (Wildman–Crippen LogP) is 3.86. The number of benzene rings is 2. The van der Waals surface area contributed by atoms with Crippen molar-refractivity contribution >= 4 is 0 Å². The number of hydrogen-bond donors (Lipinski definition) is 0. The molecule has 2 nitrogen and oxygen atoms in total. The van der Waals surface area contributed by atoms with Crippen molar-refractivity contribution in [1.82, 2.24) is 4.90 Å². The number of hydrogen-bond acceptors (Lipinski definition) is 2. The lowest BCUT2D eigenvalue weighted by Gasteiger charge is -2.12. The molecule has 0 saturated heterocycles. The van der Waals surface area contributed by atoms with E-state index in [0.717, 1.165) is 18.7 Å². The molecule has 20 heavy (non-hydrogen) atoms. The van der Waals surface area contributed by atoms with Gasteiger partial charge in [0.15, 0.2) is 0 Å². The molecule has 0 bridgehead atoms. The maximum atomic E-state index is 5.49. The van der Waals surface area contributed by atoms with E-state index in [1.54, 1.807) is 7.11 Å². The molecule has 2 aromatic rings. The summed E-state index contributed by atoms with van der Waals surface area (Å²) in [7, 11) is 5.96. The molecule has 2 aromatic carbocycles. The highest BCUT2D eigenvalue weighted by molar-refractivity contribution is 5.71. The molecule has 0 fully saturated rings. The van der Waals surface area contributed by atoms with E-state index in [1.807, 2.05) is 6.07 Å². The lowest BCUT2D eigenvalue weighted by atomic mass is 10.00. The van der Waals surface area contributed by atoms with Crippen molar-refractivity contribution in [1.29, 1.82) is 0 Å². The van der Waals surface area contributed by atoms with Gasteiger partial charge in [-0.3, -0.25) is 0 Å². The van der Waals surface area contributed by atoms with Gasteiger partial charge in [-0.15, -0.1) is 0 Å². The average molecular weight is 269 g/mol. The SMILES string of the molecule is COc1ccc(CCCN(C)C)cc1-c1ccccc1. The van der Waals surface area contributed by atoms with Gasteiger partial charge in [-0.05, 0) is 56.7 Å². The summed E-state index contributed by atoms with van der Waals surface area (Å²) in [6, 6.07) is 16.9. The van der Waals surface area contributed by atoms with Crippen LogP contribution in [0.25, 0.3) is 11.1 Å². The van der Waals surface area contributed by atoms with Crippen LogP contribution in [0.3, 0.4) is 0 Å². The number of ether oxygens (including phenoxy) is 1. The van der Waals surface area contributed by atoms with Crippen LogP contribution in [0.15, 0.2) is 48.5 Å². The second kappa shape index (κ2) is 7.11. The van der Waals surface area contributed by atoms with E-state index in [2.05, 4.69) is 61.5 Å². The molecule has 0 aliphatic rings. The molecule has 0 radical (unpaired) electrons. The molecule has 0 aliphatic carbocycles. The van der Waals surface area contributed by atoms with Gasteiger partial charge in [-0.25, -0.2) is 0 Å². The Hall–Kier alpha value is -1.80. The highest BCUT2D eigenvalue weighted by atomic mass is 16.5. The number of methoxy groups -OCH3 is 1. The van der Waals surface area contributed by atoms with Crippen LogP contribution >= 0.6 is 0 Å². The van der Waals surface area contributed by atoms with E-state index < -0.39 is 0 Å². The molecule has 0 unspecified atom stereocenters. The van der Waals surface area contributed by atoms with Crippen molar-refractivity contribution in [3.05, 3.63) is 54.1 Å². The minimum atomic E-state index is 0.938. The first kappa shape index (κ1) is 14.6. The smallest absolute Gasteiger partial charge is 0.126 e. The third kappa shape index (κ3) is 3.84. The van der Waals surface area contributed by atoms with Crippen molar-refractivity contribution < 1.29 is 4.74 Å². The number of rotatable bonds is 6. The highest BCUT2D eigenvalue weighted by Gasteiger charge is 2.06. The Morgan fingerprint density at radius 3 is 2.40 bits per heavy atom. The van der Waals surface area contributed by atoms with Crippen LogP contribution in [0.4, 0.5) is 0 Å². The van der Waals surface area contributed by atoms with Gasteiger partial charge in [-0.1, -0.05) is 36.4 Å². The first-order chi connectivity index (χ1) is 9.70. The van der Waals surface area contributed by atoms with Crippen LogP contribution in [0.5, 0.6) is 5.75 Å². The Morgan fingerprint density at radius 2 is 1.75 bits per heavy atom. The summed E-state index contributed by atoms with van der Waals surface area (Å²) in [5.74, 6) is 0.938.